The summed E-state index contributed by atoms with van der Waals surface area (Å²) in [5, 5.41) is 0.813. The third kappa shape index (κ3) is 3.22. The van der Waals surface area contributed by atoms with Crippen molar-refractivity contribution in [2.45, 2.75) is 30.7 Å². The molecule has 0 bridgehead atoms. The van der Waals surface area contributed by atoms with E-state index < -0.39 is 0 Å². The van der Waals surface area contributed by atoms with Crippen LogP contribution in [0.25, 0.3) is 0 Å². The van der Waals surface area contributed by atoms with Crippen LogP contribution in [0.2, 0.25) is 5.02 Å². The smallest absolute Gasteiger partial charge is 0.0551 e. The van der Waals surface area contributed by atoms with Crippen molar-refractivity contribution >= 4 is 27.5 Å². The van der Waals surface area contributed by atoms with Gasteiger partial charge in [-0.3, -0.25) is 0 Å². The van der Waals surface area contributed by atoms with Crippen molar-refractivity contribution in [3.8, 4) is 0 Å². The van der Waals surface area contributed by atoms with Crippen molar-refractivity contribution in [1.29, 1.82) is 0 Å². The van der Waals surface area contributed by atoms with Gasteiger partial charge in [-0.05, 0) is 43.4 Å². The van der Waals surface area contributed by atoms with Crippen LogP contribution in [0, 0.1) is 5.92 Å². The molecule has 2 rings (SSSR count). The summed E-state index contributed by atoms with van der Waals surface area (Å²) < 4.78 is 5.59. The average Bonchev–Trinajstić information content (AvgIpc) is 2.65. The van der Waals surface area contributed by atoms with E-state index in [9.17, 15) is 0 Å². The van der Waals surface area contributed by atoms with Gasteiger partial charge in [-0.2, -0.15) is 0 Å². The molecular weight excluding hydrogens is 287 g/mol. The molecule has 0 amide bonds. The molecule has 3 atom stereocenters. The highest BCUT2D eigenvalue weighted by molar-refractivity contribution is 9.09. The maximum absolute atomic E-state index is 5.97. The Morgan fingerprint density at radius 1 is 1.56 bits per heavy atom. The summed E-state index contributed by atoms with van der Waals surface area (Å²) in [6, 6.07) is 8.08. The Labute approximate surface area is 110 Å². The largest absolute Gasteiger partial charge is 0.378 e. The lowest BCUT2D eigenvalue weighted by atomic mass is 9.97. The van der Waals surface area contributed by atoms with E-state index in [4.69, 9.17) is 16.3 Å². The number of hydrogen-bond donors (Lipinski definition) is 0. The monoisotopic (exact) mass is 302 g/mol. The zero-order valence-corrected chi connectivity index (χ0v) is 11.7. The molecule has 1 fully saturated rings. The SMILES string of the molecule is CC1CC(C(Br)Cc2cccc(Cl)c2)CO1. The summed E-state index contributed by atoms with van der Waals surface area (Å²) in [5.74, 6) is 0.619. The van der Waals surface area contributed by atoms with Gasteiger partial charge in [0.05, 0.1) is 12.7 Å². The minimum Gasteiger partial charge on any atom is -0.378 e. The molecule has 0 N–H and O–H groups in total. The molecular formula is C13H16BrClO. The van der Waals surface area contributed by atoms with Crippen molar-refractivity contribution in [3.63, 3.8) is 0 Å². The van der Waals surface area contributed by atoms with Crippen molar-refractivity contribution in [1.82, 2.24) is 0 Å². The summed E-state index contributed by atoms with van der Waals surface area (Å²) in [4.78, 5) is 0.482. The molecule has 0 saturated carbocycles. The minimum atomic E-state index is 0.407. The molecule has 1 nitrogen and oxygen atoms in total. The Morgan fingerprint density at radius 3 is 3.00 bits per heavy atom. The highest BCUT2D eigenvalue weighted by atomic mass is 79.9. The predicted octanol–water partition coefficient (Wildman–Crippen LogP) is 4.07. The van der Waals surface area contributed by atoms with E-state index in [2.05, 4.69) is 28.9 Å². The van der Waals surface area contributed by atoms with Gasteiger partial charge in [-0.1, -0.05) is 39.7 Å². The quantitative estimate of drug-likeness (QED) is 0.765. The van der Waals surface area contributed by atoms with Gasteiger partial charge in [0.15, 0.2) is 0 Å². The first-order valence-corrected chi connectivity index (χ1v) is 6.94. The van der Waals surface area contributed by atoms with Crippen LogP contribution in [0.5, 0.6) is 0 Å². The average molecular weight is 304 g/mol. The topological polar surface area (TPSA) is 9.23 Å². The molecule has 3 unspecified atom stereocenters. The summed E-state index contributed by atoms with van der Waals surface area (Å²) in [5.41, 5.74) is 1.29. The van der Waals surface area contributed by atoms with Crippen LogP contribution >= 0.6 is 27.5 Å². The molecule has 0 aromatic heterocycles. The van der Waals surface area contributed by atoms with Gasteiger partial charge in [0, 0.05) is 9.85 Å². The summed E-state index contributed by atoms with van der Waals surface area (Å²) in [6.07, 6.45) is 2.57. The summed E-state index contributed by atoms with van der Waals surface area (Å²) in [6.45, 7) is 3.01. The third-order valence-electron chi connectivity index (χ3n) is 3.06. The van der Waals surface area contributed by atoms with Crippen LogP contribution in [-0.4, -0.2) is 17.5 Å². The Morgan fingerprint density at radius 2 is 2.38 bits per heavy atom. The number of hydrogen-bond acceptors (Lipinski definition) is 1. The number of halogens is 2. The van der Waals surface area contributed by atoms with Crippen molar-refractivity contribution < 1.29 is 4.74 Å². The molecule has 1 aliphatic rings. The number of rotatable bonds is 3. The van der Waals surface area contributed by atoms with E-state index in [0.29, 0.717) is 16.8 Å². The molecule has 3 heteroatoms. The second-order valence-corrected chi connectivity index (χ2v) is 6.10. The summed E-state index contributed by atoms with van der Waals surface area (Å²) in [7, 11) is 0. The first kappa shape index (κ1) is 12.4. The van der Waals surface area contributed by atoms with Crippen LogP contribution in [0.1, 0.15) is 18.9 Å². The highest BCUT2D eigenvalue weighted by Gasteiger charge is 2.27. The van der Waals surface area contributed by atoms with Gasteiger partial charge in [-0.15, -0.1) is 0 Å². The molecule has 1 aromatic rings. The van der Waals surface area contributed by atoms with E-state index >= 15 is 0 Å². The van der Waals surface area contributed by atoms with Crippen molar-refractivity contribution in [3.05, 3.63) is 34.9 Å². The molecule has 1 aliphatic heterocycles. The zero-order chi connectivity index (χ0) is 11.5. The maximum Gasteiger partial charge on any atom is 0.0551 e. The molecule has 1 saturated heterocycles. The third-order valence-corrected chi connectivity index (χ3v) is 4.37. The zero-order valence-electron chi connectivity index (χ0n) is 9.33. The lowest BCUT2D eigenvalue weighted by Gasteiger charge is -2.15. The second kappa shape index (κ2) is 5.52. The minimum absolute atomic E-state index is 0.407. The number of ether oxygens (including phenoxy) is 1. The van der Waals surface area contributed by atoms with E-state index in [1.54, 1.807) is 0 Å². The standard InChI is InChI=1S/C13H16BrClO/c1-9-5-11(8-16-9)13(14)7-10-3-2-4-12(15)6-10/h2-4,6,9,11,13H,5,7-8H2,1H3. The fraction of sp³-hybridized carbons (Fsp3) is 0.538. The van der Waals surface area contributed by atoms with E-state index in [1.165, 1.54) is 5.56 Å². The maximum atomic E-state index is 5.97. The molecule has 0 aliphatic carbocycles. The van der Waals surface area contributed by atoms with Crippen LogP contribution in [0.4, 0.5) is 0 Å². The normalized spacial score (nSPS) is 26.9. The Hall–Kier alpha value is -0.0500. The molecule has 0 spiro atoms. The van der Waals surface area contributed by atoms with Crippen molar-refractivity contribution in [2.75, 3.05) is 6.61 Å². The lowest BCUT2D eigenvalue weighted by molar-refractivity contribution is 0.120. The second-order valence-electron chi connectivity index (χ2n) is 4.49. The molecule has 0 radical (unpaired) electrons. The molecule has 1 aromatic carbocycles. The van der Waals surface area contributed by atoms with Gasteiger partial charge in [0.2, 0.25) is 0 Å². The summed E-state index contributed by atoms with van der Waals surface area (Å²) >= 11 is 9.74. The predicted molar refractivity (Wildman–Crippen MR) is 71.4 cm³/mol. The highest BCUT2D eigenvalue weighted by Crippen LogP contribution is 2.29. The van der Waals surface area contributed by atoms with Crippen LogP contribution < -0.4 is 0 Å². The fourth-order valence-corrected chi connectivity index (χ4v) is 3.11. The molecule has 16 heavy (non-hydrogen) atoms. The van der Waals surface area contributed by atoms with Gasteiger partial charge in [-0.25, -0.2) is 0 Å². The van der Waals surface area contributed by atoms with E-state index in [-0.39, 0.29) is 0 Å². The van der Waals surface area contributed by atoms with Crippen molar-refractivity contribution in [2.24, 2.45) is 5.92 Å². The molecule has 1 heterocycles. The Kier molecular flexibility index (Phi) is 4.28. The van der Waals surface area contributed by atoms with Crippen LogP contribution in [-0.2, 0) is 11.2 Å². The fourth-order valence-electron chi connectivity index (χ4n) is 2.16. The van der Waals surface area contributed by atoms with Gasteiger partial charge >= 0.3 is 0 Å². The first-order chi connectivity index (χ1) is 7.65. The van der Waals surface area contributed by atoms with Crippen LogP contribution in [0.15, 0.2) is 24.3 Å². The van der Waals surface area contributed by atoms with E-state index in [0.717, 1.165) is 24.5 Å². The molecule has 88 valence electrons. The van der Waals surface area contributed by atoms with E-state index in [1.807, 2.05) is 18.2 Å². The number of alkyl halides is 1. The Bertz CT molecular complexity index is 356. The van der Waals surface area contributed by atoms with Gasteiger partial charge < -0.3 is 4.74 Å². The van der Waals surface area contributed by atoms with Crippen LogP contribution in [0.3, 0.4) is 0 Å². The first-order valence-electron chi connectivity index (χ1n) is 5.65. The lowest BCUT2D eigenvalue weighted by Crippen LogP contribution is -2.17. The Balaban J connectivity index is 1.94. The number of benzene rings is 1. The van der Waals surface area contributed by atoms with Gasteiger partial charge in [0.25, 0.3) is 0 Å². The van der Waals surface area contributed by atoms with Gasteiger partial charge in [0.1, 0.15) is 0 Å².